The first-order chi connectivity index (χ1) is 9.45. The Bertz CT molecular complexity index is 593. The molecule has 1 aliphatic rings. The van der Waals surface area contributed by atoms with Crippen LogP contribution in [-0.4, -0.2) is 28.3 Å². The molecule has 1 heterocycles. The number of thioether (sulfide) groups is 1. The van der Waals surface area contributed by atoms with Gasteiger partial charge in [-0.25, -0.2) is 4.79 Å². The Morgan fingerprint density at radius 3 is 2.50 bits per heavy atom. The molecule has 2 rings (SSSR count). The van der Waals surface area contributed by atoms with E-state index in [9.17, 15) is 14.4 Å². The second kappa shape index (κ2) is 5.79. The maximum atomic E-state index is 11.4. The van der Waals surface area contributed by atoms with E-state index in [0.29, 0.717) is 16.2 Å². The minimum absolute atomic E-state index is 0.322. The molecule has 1 aromatic rings. The number of carboxylic acid groups (broad SMARTS) is 1. The number of rotatable bonds is 4. The van der Waals surface area contributed by atoms with Gasteiger partial charge in [0.1, 0.15) is 5.75 Å². The third kappa shape index (κ3) is 3.39. The summed E-state index contributed by atoms with van der Waals surface area (Å²) in [7, 11) is 0. The largest absolute Gasteiger partial charge is 0.479 e. The Hall–Kier alpha value is -2.28. The first-order valence-electron chi connectivity index (χ1n) is 5.70. The topological polar surface area (TPSA) is 92.7 Å². The molecule has 1 aliphatic heterocycles. The summed E-state index contributed by atoms with van der Waals surface area (Å²) >= 11 is 0.840. The fourth-order valence-electron chi connectivity index (χ4n) is 1.47. The fourth-order valence-corrected chi connectivity index (χ4v) is 2.15. The summed E-state index contributed by atoms with van der Waals surface area (Å²) in [6, 6.07) is 6.55. The number of ether oxygens (including phenoxy) is 1. The molecule has 6 nitrogen and oxygen atoms in total. The van der Waals surface area contributed by atoms with Gasteiger partial charge in [0, 0.05) is 0 Å². The average Bonchev–Trinajstić information content (AvgIpc) is 2.70. The van der Waals surface area contributed by atoms with Crippen LogP contribution in [0.15, 0.2) is 29.2 Å². The molecule has 2 N–H and O–H groups in total. The molecule has 2 amide bonds. The van der Waals surface area contributed by atoms with Crippen LogP contribution in [0.5, 0.6) is 5.75 Å². The molecule has 0 aliphatic carbocycles. The van der Waals surface area contributed by atoms with E-state index < -0.39 is 23.2 Å². The Balaban J connectivity index is 2.09. The molecule has 0 saturated carbocycles. The van der Waals surface area contributed by atoms with Gasteiger partial charge in [-0.3, -0.25) is 14.9 Å². The summed E-state index contributed by atoms with van der Waals surface area (Å²) in [5.74, 6) is -1.05. The van der Waals surface area contributed by atoms with Crippen LogP contribution in [0.25, 0.3) is 6.08 Å². The highest BCUT2D eigenvalue weighted by molar-refractivity contribution is 8.18. The van der Waals surface area contributed by atoms with Crippen molar-refractivity contribution in [3.8, 4) is 5.75 Å². The van der Waals surface area contributed by atoms with Crippen molar-refractivity contribution in [1.82, 2.24) is 5.32 Å². The van der Waals surface area contributed by atoms with E-state index >= 15 is 0 Å². The summed E-state index contributed by atoms with van der Waals surface area (Å²) in [4.78, 5) is 33.3. The molecule has 0 radical (unpaired) electrons. The van der Waals surface area contributed by atoms with E-state index in [0.717, 1.165) is 11.8 Å². The number of nitrogens with one attached hydrogen (secondary N) is 1. The molecular formula is C13H11NO5S. The lowest BCUT2D eigenvalue weighted by molar-refractivity contribution is -0.144. The minimum Gasteiger partial charge on any atom is -0.479 e. The monoisotopic (exact) mass is 293 g/mol. The molecule has 0 aromatic heterocycles. The van der Waals surface area contributed by atoms with Crippen molar-refractivity contribution in [1.29, 1.82) is 0 Å². The highest BCUT2D eigenvalue weighted by Crippen LogP contribution is 2.26. The minimum atomic E-state index is -1.05. The van der Waals surface area contributed by atoms with E-state index in [1.54, 1.807) is 30.3 Å². The summed E-state index contributed by atoms with van der Waals surface area (Å²) < 4.78 is 5.18. The summed E-state index contributed by atoms with van der Waals surface area (Å²) in [5, 5.41) is 10.5. The number of benzene rings is 1. The standard InChI is InChI=1S/C13H11NO5S/c1-7(12(16)17)19-9-4-2-8(3-5-9)6-10-11(15)14-13(18)20-10/h2-7H,1H3,(H,16,17)(H,14,15,18)/b10-6-. The number of carbonyl (C=O) groups is 3. The van der Waals surface area contributed by atoms with Gasteiger partial charge in [-0.2, -0.15) is 0 Å². The molecule has 7 heteroatoms. The van der Waals surface area contributed by atoms with E-state index in [1.165, 1.54) is 6.92 Å². The van der Waals surface area contributed by atoms with Crippen LogP contribution in [0.4, 0.5) is 4.79 Å². The third-order valence-corrected chi connectivity index (χ3v) is 3.29. The zero-order valence-corrected chi connectivity index (χ0v) is 11.3. The van der Waals surface area contributed by atoms with Gasteiger partial charge >= 0.3 is 5.97 Å². The Morgan fingerprint density at radius 2 is 2.00 bits per heavy atom. The molecule has 1 atom stereocenters. The van der Waals surface area contributed by atoms with Crippen LogP contribution in [0.1, 0.15) is 12.5 Å². The second-order valence-corrected chi connectivity index (χ2v) is 5.03. The highest BCUT2D eigenvalue weighted by Gasteiger charge is 2.24. The summed E-state index contributed by atoms with van der Waals surface area (Å²) in [6.07, 6.45) is 0.642. The van der Waals surface area contributed by atoms with Crippen LogP contribution in [0, 0.1) is 0 Å². The molecule has 20 heavy (non-hydrogen) atoms. The molecule has 1 aromatic carbocycles. The summed E-state index contributed by atoms with van der Waals surface area (Å²) in [6.45, 7) is 1.43. The van der Waals surface area contributed by atoms with Gasteiger partial charge in [-0.15, -0.1) is 0 Å². The molecule has 0 bridgehead atoms. The first-order valence-corrected chi connectivity index (χ1v) is 6.52. The van der Waals surface area contributed by atoms with E-state index in [2.05, 4.69) is 5.32 Å². The SMILES string of the molecule is CC(Oc1ccc(/C=C2\SC(=O)NC2=O)cc1)C(=O)O. The van der Waals surface area contributed by atoms with Crippen LogP contribution >= 0.6 is 11.8 Å². The number of imide groups is 1. The maximum Gasteiger partial charge on any atom is 0.344 e. The molecule has 1 fully saturated rings. The van der Waals surface area contributed by atoms with Gasteiger partial charge in [0.25, 0.3) is 11.1 Å². The van der Waals surface area contributed by atoms with Crippen LogP contribution in [0.2, 0.25) is 0 Å². The van der Waals surface area contributed by atoms with Gasteiger partial charge in [0.15, 0.2) is 6.10 Å². The van der Waals surface area contributed by atoms with Gasteiger partial charge in [0.2, 0.25) is 0 Å². The van der Waals surface area contributed by atoms with Crippen molar-refractivity contribution >= 4 is 35.0 Å². The molecular weight excluding hydrogens is 282 g/mol. The molecule has 1 saturated heterocycles. The van der Waals surface area contributed by atoms with Gasteiger partial charge in [-0.1, -0.05) is 12.1 Å². The van der Waals surface area contributed by atoms with Crippen molar-refractivity contribution in [2.45, 2.75) is 13.0 Å². The van der Waals surface area contributed by atoms with Gasteiger partial charge in [-0.05, 0) is 42.5 Å². The lowest BCUT2D eigenvalue weighted by atomic mass is 10.2. The normalized spacial score (nSPS) is 17.9. The molecule has 0 spiro atoms. The number of aliphatic carboxylic acids is 1. The van der Waals surface area contributed by atoms with Crippen molar-refractivity contribution in [2.24, 2.45) is 0 Å². The second-order valence-electron chi connectivity index (χ2n) is 4.02. The van der Waals surface area contributed by atoms with Crippen LogP contribution < -0.4 is 10.1 Å². The van der Waals surface area contributed by atoms with Crippen molar-refractivity contribution in [3.05, 3.63) is 34.7 Å². The summed E-state index contributed by atoms with van der Waals surface area (Å²) in [5.41, 5.74) is 0.715. The average molecular weight is 293 g/mol. The number of carbonyl (C=O) groups excluding carboxylic acids is 2. The Labute approximate surface area is 118 Å². The van der Waals surface area contributed by atoms with E-state index in [1.807, 2.05) is 0 Å². The van der Waals surface area contributed by atoms with Gasteiger partial charge in [0.05, 0.1) is 4.91 Å². The first kappa shape index (κ1) is 14.1. The highest BCUT2D eigenvalue weighted by atomic mass is 32.2. The molecule has 1 unspecified atom stereocenters. The van der Waals surface area contributed by atoms with Gasteiger partial charge < -0.3 is 9.84 Å². The zero-order chi connectivity index (χ0) is 14.7. The quantitative estimate of drug-likeness (QED) is 0.823. The van der Waals surface area contributed by atoms with Crippen molar-refractivity contribution in [3.63, 3.8) is 0 Å². The maximum absolute atomic E-state index is 11.4. The zero-order valence-electron chi connectivity index (χ0n) is 10.5. The lowest BCUT2D eigenvalue weighted by Crippen LogP contribution is -2.22. The van der Waals surface area contributed by atoms with Crippen LogP contribution in [0.3, 0.4) is 0 Å². The number of carboxylic acids is 1. The number of hydrogen-bond acceptors (Lipinski definition) is 5. The lowest BCUT2D eigenvalue weighted by Gasteiger charge is -2.10. The Morgan fingerprint density at radius 1 is 1.35 bits per heavy atom. The fraction of sp³-hybridized carbons (Fsp3) is 0.154. The van der Waals surface area contributed by atoms with E-state index in [-0.39, 0.29) is 0 Å². The van der Waals surface area contributed by atoms with Crippen LogP contribution in [-0.2, 0) is 9.59 Å². The number of hydrogen-bond donors (Lipinski definition) is 2. The van der Waals surface area contributed by atoms with E-state index in [4.69, 9.17) is 9.84 Å². The predicted octanol–water partition coefficient (Wildman–Crippen LogP) is 1.86. The Kier molecular flexibility index (Phi) is 4.09. The van der Waals surface area contributed by atoms with Crippen molar-refractivity contribution < 1.29 is 24.2 Å². The molecule has 104 valence electrons. The predicted molar refractivity (Wildman–Crippen MR) is 73.3 cm³/mol. The third-order valence-electron chi connectivity index (χ3n) is 2.48. The smallest absolute Gasteiger partial charge is 0.344 e. The van der Waals surface area contributed by atoms with Crippen molar-refractivity contribution in [2.75, 3.05) is 0 Å². The number of amides is 2.